The molecule has 1 unspecified atom stereocenters. The molecule has 1 aliphatic rings. The largest absolute Gasteiger partial charge is 0.313 e. The average Bonchev–Trinajstić information content (AvgIpc) is 3.24. The molecule has 2 aromatic rings. The van der Waals surface area contributed by atoms with Crippen LogP contribution >= 0.6 is 0 Å². The highest BCUT2D eigenvalue weighted by molar-refractivity contribution is 5.81. The van der Waals surface area contributed by atoms with E-state index in [2.05, 4.69) is 43.4 Å². The summed E-state index contributed by atoms with van der Waals surface area (Å²) in [6.45, 7) is 5.77. The van der Waals surface area contributed by atoms with E-state index in [9.17, 15) is 0 Å². The second-order valence-electron chi connectivity index (χ2n) is 6.58. The molecule has 1 aromatic carbocycles. The van der Waals surface area contributed by atoms with Gasteiger partial charge in [0.2, 0.25) is 0 Å². The molecule has 0 spiro atoms. The van der Waals surface area contributed by atoms with E-state index >= 15 is 0 Å². The zero-order valence-electron chi connectivity index (χ0n) is 12.8. The van der Waals surface area contributed by atoms with E-state index in [1.807, 2.05) is 11.7 Å². The highest BCUT2D eigenvalue weighted by Gasteiger charge is 2.29. The lowest BCUT2D eigenvalue weighted by atomic mass is 9.82. The summed E-state index contributed by atoms with van der Waals surface area (Å²) in [5.41, 5.74) is 2.76. The van der Waals surface area contributed by atoms with Crippen LogP contribution in [0.4, 0.5) is 0 Å². The molecule has 0 saturated heterocycles. The first kappa shape index (κ1) is 13.6. The minimum Gasteiger partial charge on any atom is -0.313 e. The van der Waals surface area contributed by atoms with Crippen LogP contribution in [0.2, 0.25) is 0 Å². The molecule has 1 N–H and O–H groups in total. The van der Waals surface area contributed by atoms with Gasteiger partial charge in [-0.05, 0) is 37.2 Å². The van der Waals surface area contributed by atoms with E-state index in [0.29, 0.717) is 5.41 Å². The summed E-state index contributed by atoms with van der Waals surface area (Å²) in [4.78, 5) is 0. The Labute approximate surface area is 121 Å². The van der Waals surface area contributed by atoms with Crippen molar-refractivity contribution in [1.82, 2.24) is 15.1 Å². The molecule has 0 radical (unpaired) electrons. The summed E-state index contributed by atoms with van der Waals surface area (Å²) in [6, 6.07) is 9.32. The van der Waals surface area contributed by atoms with Gasteiger partial charge in [0.1, 0.15) is 0 Å². The van der Waals surface area contributed by atoms with Crippen molar-refractivity contribution < 1.29 is 0 Å². The number of para-hydroxylation sites is 1. The van der Waals surface area contributed by atoms with Crippen molar-refractivity contribution in [3.05, 3.63) is 30.0 Å². The Kier molecular flexibility index (Phi) is 3.55. The van der Waals surface area contributed by atoms with Gasteiger partial charge in [-0.15, -0.1) is 0 Å². The molecule has 3 heteroatoms. The minimum atomic E-state index is 0.291. The van der Waals surface area contributed by atoms with Gasteiger partial charge in [0.05, 0.1) is 11.2 Å². The van der Waals surface area contributed by atoms with Crippen LogP contribution in [-0.2, 0) is 13.5 Å². The van der Waals surface area contributed by atoms with Gasteiger partial charge in [-0.2, -0.15) is 5.10 Å². The summed E-state index contributed by atoms with van der Waals surface area (Å²) in [6.07, 6.45) is 4.93. The molecular formula is C17H25N3. The number of hydrogen-bond acceptors (Lipinski definition) is 2. The van der Waals surface area contributed by atoms with Gasteiger partial charge in [-0.25, -0.2) is 0 Å². The van der Waals surface area contributed by atoms with Crippen LogP contribution in [0, 0.1) is 5.41 Å². The van der Waals surface area contributed by atoms with Crippen molar-refractivity contribution in [2.45, 2.75) is 45.6 Å². The van der Waals surface area contributed by atoms with Crippen LogP contribution < -0.4 is 5.32 Å². The highest BCUT2D eigenvalue weighted by Crippen LogP contribution is 2.30. The molecule has 3 nitrogen and oxygen atoms in total. The predicted molar refractivity (Wildman–Crippen MR) is 83.8 cm³/mol. The van der Waals surface area contributed by atoms with E-state index in [-0.39, 0.29) is 0 Å². The smallest absolute Gasteiger partial charge is 0.0709 e. The number of nitrogens with one attached hydrogen (secondary N) is 1. The molecule has 0 aliphatic heterocycles. The number of aromatic nitrogens is 2. The molecule has 1 saturated carbocycles. The summed E-state index contributed by atoms with van der Waals surface area (Å²) >= 11 is 0. The fourth-order valence-electron chi connectivity index (χ4n) is 2.81. The molecule has 1 fully saturated rings. The fraction of sp³-hybridized carbons (Fsp3) is 0.588. The lowest BCUT2D eigenvalue weighted by Gasteiger charge is -2.28. The van der Waals surface area contributed by atoms with Crippen LogP contribution in [0.3, 0.4) is 0 Å². The van der Waals surface area contributed by atoms with Crippen molar-refractivity contribution in [2.24, 2.45) is 12.5 Å². The monoisotopic (exact) mass is 271 g/mol. The Morgan fingerprint density at radius 1 is 1.35 bits per heavy atom. The molecule has 1 heterocycles. The molecular weight excluding hydrogens is 246 g/mol. The molecule has 1 atom stereocenters. The summed E-state index contributed by atoms with van der Waals surface area (Å²) in [5, 5.41) is 9.75. The maximum atomic E-state index is 4.75. The van der Waals surface area contributed by atoms with Crippen molar-refractivity contribution in [3.8, 4) is 0 Å². The summed E-state index contributed by atoms with van der Waals surface area (Å²) in [7, 11) is 2.04. The number of nitrogens with zero attached hydrogens (tertiary/aromatic N) is 2. The van der Waals surface area contributed by atoms with Gasteiger partial charge < -0.3 is 5.32 Å². The van der Waals surface area contributed by atoms with Gasteiger partial charge in [-0.1, -0.05) is 32.0 Å². The van der Waals surface area contributed by atoms with Crippen LogP contribution in [-0.4, -0.2) is 22.4 Å². The Hall–Kier alpha value is -1.35. The van der Waals surface area contributed by atoms with Gasteiger partial charge in [0.15, 0.2) is 0 Å². The fourth-order valence-corrected chi connectivity index (χ4v) is 2.81. The molecule has 1 aliphatic carbocycles. The first-order valence-corrected chi connectivity index (χ1v) is 7.75. The third kappa shape index (κ3) is 2.73. The normalized spacial score (nSPS) is 18.4. The van der Waals surface area contributed by atoms with Crippen molar-refractivity contribution in [3.63, 3.8) is 0 Å². The van der Waals surface area contributed by atoms with Crippen molar-refractivity contribution in [2.75, 3.05) is 6.54 Å². The zero-order valence-corrected chi connectivity index (χ0v) is 12.8. The van der Waals surface area contributed by atoms with E-state index < -0.39 is 0 Å². The van der Waals surface area contributed by atoms with Crippen LogP contribution in [0.15, 0.2) is 24.3 Å². The molecule has 1 aromatic heterocycles. The molecule has 108 valence electrons. The molecule has 0 bridgehead atoms. The quantitative estimate of drug-likeness (QED) is 0.873. The second kappa shape index (κ2) is 5.21. The summed E-state index contributed by atoms with van der Waals surface area (Å²) in [5.74, 6) is 0. The Bertz CT molecular complexity index is 597. The number of benzene rings is 1. The maximum Gasteiger partial charge on any atom is 0.0709 e. The van der Waals surface area contributed by atoms with E-state index in [1.165, 1.54) is 35.9 Å². The number of hydrogen-bond donors (Lipinski definition) is 1. The number of fused-ring (bicyclic) bond motifs is 1. The van der Waals surface area contributed by atoms with Crippen LogP contribution in [0.5, 0.6) is 0 Å². The minimum absolute atomic E-state index is 0.291. The number of aryl methyl sites for hydroxylation is 1. The van der Waals surface area contributed by atoms with Crippen molar-refractivity contribution >= 4 is 10.9 Å². The molecule has 3 rings (SSSR count). The first-order valence-electron chi connectivity index (χ1n) is 7.75. The standard InChI is InChI=1S/C17H25N3/c1-4-17(2,12-18-13-9-10-13)11-15-14-7-5-6-8-16(14)20(3)19-15/h5-8,13,18H,4,9-12H2,1-3H3. The van der Waals surface area contributed by atoms with Gasteiger partial charge >= 0.3 is 0 Å². The Balaban J connectivity index is 1.82. The Morgan fingerprint density at radius 3 is 2.80 bits per heavy atom. The SMILES string of the molecule is CCC(C)(CNC1CC1)Cc1nn(C)c2ccccc12. The molecule has 0 amide bonds. The van der Waals surface area contributed by atoms with Gasteiger partial charge in [-0.3, -0.25) is 4.68 Å². The van der Waals surface area contributed by atoms with E-state index in [0.717, 1.165) is 19.0 Å². The average molecular weight is 271 g/mol. The lowest BCUT2D eigenvalue weighted by molar-refractivity contribution is 0.286. The second-order valence-corrected chi connectivity index (χ2v) is 6.58. The predicted octanol–water partition coefficient (Wildman–Crippen LogP) is 3.28. The van der Waals surface area contributed by atoms with E-state index in [4.69, 9.17) is 5.10 Å². The third-order valence-corrected chi connectivity index (χ3v) is 4.68. The molecule has 20 heavy (non-hydrogen) atoms. The zero-order chi connectivity index (χ0) is 14.2. The topological polar surface area (TPSA) is 29.9 Å². The Morgan fingerprint density at radius 2 is 2.10 bits per heavy atom. The van der Waals surface area contributed by atoms with Crippen LogP contribution in [0.1, 0.15) is 38.8 Å². The van der Waals surface area contributed by atoms with Crippen molar-refractivity contribution in [1.29, 1.82) is 0 Å². The first-order chi connectivity index (χ1) is 9.61. The summed E-state index contributed by atoms with van der Waals surface area (Å²) < 4.78 is 2.01. The maximum absolute atomic E-state index is 4.75. The number of rotatable bonds is 6. The van der Waals surface area contributed by atoms with Gasteiger partial charge in [0.25, 0.3) is 0 Å². The third-order valence-electron chi connectivity index (χ3n) is 4.68. The van der Waals surface area contributed by atoms with E-state index in [1.54, 1.807) is 0 Å². The van der Waals surface area contributed by atoms with Crippen LogP contribution in [0.25, 0.3) is 10.9 Å². The highest BCUT2D eigenvalue weighted by atomic mass is 15.3. The van der Waals surface area contributed by atoms with Gasteiger partial charge in [0, 0.05) is 25.0 Å². The lowest BCUT2D eigenvalue weighted by Crippen LogP contribution is -2.34.